The quantitative estimate of drug-likeness (QED) is 0.418. The van der Waals surface area contributed by atoms with E-state index in [1.807, 2.05) is 57.5 Å². The van der Waals surface area contributed by atoms with Crippen molar-refractivity contribution >= 4 is 33.8 Å². The molecule has 0 amide bonds. The minimum atomic E-state index is -0.0629. The third-order valence-corrected chi connectivity index (χ3v) is 5.37. The van der Waals surface area contributed by atoms with E-state index in [-0.39, 0.29) is 11.5 Å². The summed E-state index contributed by atoms with van der Waals surface area (Å²) in [5, 5.41) is 20.4. The van der Waals surface area contributed by atoms with E-state index in [1.54, 1.807) is 12.3 Å². The summed E-state index contributed by atoms with van der Waals surface area (Å²) in [7, 11) is 0. The second-order valence-electron chi connectivity index (χ2n) is 6.27. The van der Waals surface area contributed by atoms with Crippen molar-refractivity contribution in [3.05, 3.63) is 52.2 Å². The molecule has 7 nitrogen and oxygen atoms in total. The molecule has 0 aliphatic carbocycles. The molecule has 0 saturated carbocycles. The monoisotopic (exact) mass is 487 g/mol. The van der Waals surface area contributed by atoms with E-state index in [1.165, 1.54) is 6.07 Å². The van der Waals surface area contributed by atoms with Crippen molar-refractivity contribution in [1.29, 1.82) is 0 Å². The fourth-order valence-electron chi connectivity index (χ4n) is 3.24. The number of ether oxygens (including phenoxy) is 2. The third-order valence-electron chi connectivity index (χ3n) is 4.51. The van der Waals surface area contributed by atoms with Crippen LogP contribution in [0.25, 0.3) is 28.2 Å². The highest BCUT2D eigenvalue weighted by molar-refractivity contribution is 14.1. The topological polar surface area (TPSA) is 89.6 Å². The van der Waals surface area contributed by atoms with Crippen LogP contribution >= 0.6 is 22.6 Å². The molecule has 1 aliphatic heterocycles. The number of halogens is 1. The lowest BCUT2D eigenvalue weighted by Gasteiger charge is -2.19. The van der Waals surface area contributed by atoms with Gasteiger partial charge in [0.25, 0.3) is 0 Å². The van der Waals surface area contributed by atoms with Crippen molar-refractivity contribution in [2.45, 2.75) is 0 Å². The zero-order valence-electron chi connectivity index (χ0n) is 14.5. The fraction of sp³-hybridized carbons (Fsp3) is 0.100. The minimum Gasteiger partial charge on any atom is -0.507 e. The van der Waals surface area contributed by atoms with Crippen LogP contribution in [0.2, 0.25) is 0 Å². The molecule has 8 heteroatoms. The van der Waals surface area contributed by atoms with Gasteiger partial charge >= 0.3 is 0 Å². The molecule has 0 unspecified atom stereocenters. The Morgan fingerprint density at radius 3 is 2.64 bits per heavy atom. The molecule has 0 radical (unpaired) electrons. The fourth-order valence-corrected chi connectivity index (χ4v) is 3.71. The molecule has 0 atom stereocenters. The van der Waals surface area contributed by atoms with E-state index in [4.69, 9.17) is 9.47 Å². The molecule has 5 rings (SSSR count). The smallest absolute Gasteiger partial charge is 0.164 e. The summed E-state index contributed by atoms with van der Waals surface area (Å²) in [5.41, 5.74) is 2.62. The molecule has 0 saturated heterocycles. The standard InChI is InChI=1S/C20H14IN3O4/c21-13-9-12(15(25)10-16(13)26)19-23-14-2-1-5-22-20(14)24(19)11-3-4-17-18(8-11)28-7-6-27-17/h1-5,8-10,25-26H,6-7H2. The Balaban J connectivity index is 1.79. The van der Waals surface area contributed by atoms with Crippen LogP contribution in [0.3, 0.4) is 0 Å². The number of phenolic OH excluding ortho intramolecular Hbond substituents is 2. The average molecular weight is 487 g/mol. The maximum Gasteiger partial charge on any atom is 0.164 e. The van der Waals surface area contributed by atoms with Crippen LogP contribution < -0.4 is 9.47 Å². The SMILES string of the molecule is Oc1cc(O)c(-c2nc3cccnc3n2-c2ccc3c(c2)OCCO3)cc1I. The zero-order chi connectivity index (χ0) is 19.3. The number of rotatable bonds is 2. The molecule has 1 aliphatic rings. The summed E-state index contributed by atoms with van der Waals surface area (Å²) >= 11 is 2.02. The number of aromatic hydroxyl groups is 2. The number of pyridine rings is 1. The Hall–Kier alpha value is -3.01. The lowest BCUT2D eigenvalue weighted by molar-refractivity contribution is 0.171. The van der Waals surface area contributed by atoms with E-state index >= 15 is 0 Å². The predicted molar refractivity (Wildman–Crippen MR) is 111 cm³/mol. The largest absolute Gasteiger partial charge is 0.507 e. The van der Waals surface area contributed by atoms with Crippen LogP contribution in [0.5, 0.6) is 23.0 Å². The van der Waals surface area contributed by atoms with Crippen LogP contribution in [-0.4, -0.2) is 38.0 Å². The van der Waals surface area contributed by atoms with Crippen molar-refractivity contribution in [3.63, 3.8) is 0 Å². The Kier molecular flexibility index (Phi) is 4.00. The van der Waals surface area contributed by atoms with Gasteiger partial charge in [0, 0.05) is 18.3 Å². The van der Waals surface area contributed by atoms with Gasteiger partial charge in [-0.25, -0.2) is 9.97 Å². The van der Waals surface area contributed by atoms with Crippen molar-refractivity contribution in [2.24, 2.45) is 0 Å². The van der Waals surface area contributed by atoms with Crippen molar-refractivity contribution < 1.29 is 19.7 Å². The first-order valence-electron chi connectivity index (χ1n) is 8.57. The number of aromatic nitrogens is 3. The highest BCUT2D eigenvalue weighted by Gasteiger charge is 2.21. The number of hydrogen-bond donors (Lipinski definition) is 2. The molecule has 2 aromatic carbocycles. The van der Waals surface area contributed by atoms with E-state index < -0.39 is 0 Å². The number of hydrogen-bond acceptors (Lipinski definition) is 6. The van der Waals surface area contributed by atoms with Gasteiger partial charge in [0.05, 0.1) is 14.8 Å². The normalized spacial score (nSPS) is 13.0. The summed E-state index contributed by atoms with van der Waals surface area (Å²) < 4.78 is 13.8. The molecule has 0 fully saturated rings. The van der Waals surface area contributed by atoms with Crippen LogP contribution in [0.4, 0.5) is 0 Å². The molecule has 0 spiro atoms. The Bertz CT molecular complexity index is 1220. The van der Waals surface area contributed by atoms with Crippen molar-refractivity contribution in [2.75, 3.05) is 13.2 Å². The zero-order valence-corrected chi connectivity index (χ0v) is 16.6. The van der Waals surface area contributed by atoms with Gasteiger partial charge in [0.2, 0.25) is 0 Å². The van der Waals surface area contributed by atoms with E-state index in [0.717, 1.165) is 5.69 Å². The molecule has 140 valence electrons. The van der Waals surface area contributed by atoms with Crippen LogP contribution in [0.1, 0.15) is 0 Å². The third kappa shape index (κ3) is 2.71. The second-order valence-corrected chi connectivity index (χ2v) is 7.43. The maximum absolute atomic E-state index is 10.5. The summed E-state index contributed by atoms with van der Waals surface area (Å²) in [5.74, 6) is 1.81. The summed E-state index contributed by atoms with van der Waals surface area (Å²) in [6, 6.07) is 12.3. The van der Waals surface area contributed by atoms with Crippen LogP contribution in [0, 0.1) is 3.57 Å². The molecule has 3 heterocycles. The van der Waals surface area contributed by atoms with E-state index in [9.17, 15) is 10.2 Å². The Morgan fingerprint density at radius 1 is 0.964 bits per heavy atom. The van der Waals surface area contributed by atoms with Gasteiger partial charge in [-0.3, -0.25) is 4.57 Å². The molecular formula is C20H14IN3O4. The molecule has 2 N–H and O–H groups in total. The number of nitrogens with zero attached hydrogens (tertiary/aromatic N) is 3. The molecule has 0 bridgehead atoms. The first kappa shape index (κ1) is 17.1. The lowest BCUT2D eigenvalue weighted by atomic mass is 10.1. The second kappa shape index (κ2) is 6.55. The first-order chi connectivity index (χ1) is 13.6. The highest BCUT2D eigenvalue weighted by Crippen LogP contribution is 2.39. The van der Waals surface area contributed by atoms with Gasteiger partial charge < -0.3 is 19.7 Å². The summed E-state index contributed by atoms with van der Waals surface area (Å²) in [6.07, 6.45) is 1.70. The van der Waals surface area contributed by atoms with Gasteiger partial charge in [-0.1, -0.05) is 0 Å². The lowest BCUT2D eigenvalue weighted by Crippen LogP contribution is -2.15. The molecular weight excluding hydrogens is 473 g/mol. The van der Waals surface area contributed by atoms with Gasteiger partial charge in [-0.2, -0.15) is 0 Å². The van der Waals surface area contributed by atoms with E-state index in [0.29, 0.717) is 50.8 Å². The van der Waals surface area contributed by atoms with Gasteiger partial charge in [0.1, 0.15) is 30.2 Å². The van der Waals surface area contributed by atoms with E-state index in [2.05, 4.69) is 9.97 Å². The number of fused-ring (bicyclic) bond motifs is 2. The maximum atomic E-state index is 10.5. The van der Waals surface area contributed by atoms with Gasteiger partial charge in [-0.05, 0) is 52.9 Å². The Morgan fingerprint density at radius 2 is 1.79 bits per heavy atom. The van der Waals surface area contributed by atoms with Crippen LogP contribution in [0.15, 0.2) is 48.7 Å². The minimum absolute atomic E-state index is 0.0157. The molecule has 2 aromatic heterocycles. The van der Waals surface area contributed by atoms with Crippen molar-refractivity contribution in [1.82, 2.24) is 14.5 Å². The molecule has 4 aromatic rings. The van der Waals surface area contributed by atoms with Crippen molar-refractivity contribution in [3.8, 4) is 40.1 Å². The van der Waals surface area contributed by atoms with Gasteiger partial charge in [-0.15, -0.1) is 0 Å². The van der Waals surface area contributed by atoms with Gasteiger partial charge in [0.15, 0.2) is 23.0 Å². The predicted octanol–water partition coefficient (Wildman–Crippen LogP) is 3.87. The first-order valence-corrected chi connectivity index (χ1v) is 9.65. The summed E-state index contributed by atoms with van der Waals surface area (Å²) in [6.45, 7) is 1.01. The molecule has 28 heavy (non-hydrogen) atoms. The number of imidazole rings is 1. The number of phenols is 2. The summed E-state index contributed by atoms with van der Waals surface area (Å²) in [4.78, 5) is 9.17. The average Bonchev–Trinajstić information content (AvgIpc) is 3.09. The van der Waals surface area contributed by atoms with Crippen LogP contribution in [-0.2, 0) is 0 Å². The number of benzene rings is 2. The Labute approximate surface area is 173 Å². The highest BCUT2D eigenvalue weighted by atomic mass is 127.